The van der Waals surface area contributed by atoms with Crippen LogP contribution in [0.4, 0.5) is 5.69 Å². The molecule has 21 heavy (non-hydrogen) atoms. The van der Waals surface area contributed by atoms with Crippen LogP contribution < -0.4 is 9.64 Å². The molecule has 0 bridgehead atoms. The normalized spacial score (nSPS) is 20.2. The van der Waals surface area contributed by atoms with Crippen LogP contribution in [0.3, 0.4) is 0 Å². The molecule has 0 N–H and O–H groups in total. The fourth-order valence-electron chi connectivity index (χ4n) is 2.66. The minimum absolute atomic E-state index is 0.0371. The van der Waals surface area contributed by atoms with E-state index in [-0.39, 0.29) is 23.5 Å². The molecule has 1 aromatic carbocycles. The maximum absolute atomic E-state index is 12.4. The van der Waals surface area contributed by atoms with Crippen molar-refractivity contribution in [3.63, 3.8) is 0 Å². The van der Waals surface area contributed by atoms with Crippen LogP contribution in [0.2, 0.25) is 0 Å². The van der Waals surface area contributed by atoms with Crippen LogP contribution in [0.15, 0.2) is 18.2 Å². The lowest BCUT2D eigenvalue weighted by Crippen LogP contribution is -2.41. The van der Waals surface area contributed by atoms with Gasteiger partial charge < -0.3 is 9.64 Å². The van der Waals surface area contributed by atoms with Crippen molar-refractivity contribution in [1.82, 2.24) is 0 Å². The number of anilines is 1. The molecule has 116 valence electrons. The second-order valence-electron chi connectivity index (χ2n) is 5.33. The summed E-state index contributed by atoms with van der Waals surface area (Å²) in [6, 6.07) is 5.23. The van der Waals surface area contributed by atoms with Crippen LogP contribution in [-0.2, 0) is 14.6 Å². The van der Waals surface area contributed by atoms with E-state index < -0.39 is 9.84 Å². The zero-order valence-electron chi connectivity index (χ0n) is 12.6. The summed E-state index contributed by atoms with van der Waals surface area (Å²) in [5.74, 6) is 0.780. The first-order chi connectivity index (χ1) is 9.88. The number of aryl methyl sites for hydroxylation is 1. The first kappa shape index (κ1) is 15.8. The smallest absolute Gasteiger partial charge is 0.227 e. The number of carbonyl (C=O) groups is 1. The Balaban J connectivity index is 2.44. The number of rotatable bonds is 4. The van der Waals surface area contributed by atoms with Gasteiger partial charge in [-0.2, -0.15) is 0 Å². The van der Waals surface area contributed by atoms with E-state index in [4.69, 9.17) is 4.74 Å². The van der Waals surface area contributed by atoms with Gasteiger partial charge in [0.2, 0.25) is 5.91 Å². The predicted molar refractivity (Wildman–Crippen MR) is 82.6 cm³/mol. The SMILES string of the molecule is CCC(=O)N(c1cc(OC)ccc1C)C1CCS(=O)(=O)C1. The van der Waals surface area contributed by atoms with E-state index in [0.717, 1.165) is 11.3 Å². The van der Waals surface area contributed by atoms with Crippen LogP contribution >= 0.6 is 0 Å². The van der Waals surface area contributed by atoms with E-state index in [1.54, 1.807) is 25.0 Å². The number of amides is 1. The minimum Gasteiger partial charge on any atom is -0.497 e. The van der Waals surface area contributed by atoms with Gasteiger partial charge in [-0.1, -0.05) is 13.0 Å². The molecule has 0 saturated carbocycles. The molecule has 2 rings (SSSR count). The van der Waals surface area contributed by atoms with Gasteiger partial charge in [-0.3, -0.25) is 4.79 Å². The predicted octanol–water partition coefficient (Wildman–Crippen LogP) is 1.93. The molecule has 1 amide bonds. The number of carbonyl (C=O) groups excluding carboxylic acids is 1. The Labute approximate surface area is 125 Å². The highest BCUT2D eigenvalue weighted by molar-refractivity contribution is 7.91. The molecular formula is C15H21NO4S. The van der Waals surface area contributed by atoms with Gasteiger partial charge in [0, 0.05) is 12.5 Å². The van der Waals surface area contributed by atoms with Gasteiger partial charge in [0.25, 0.3) is 0 Å². The van der Waals surface area contributed by atoms with Gasteiger partial charge in [-0.15, -0.1) is 0 Å². The highest BCUT2D eigenvalue weighted by Gasteiger charge is 2.35. The molecule has 1 fully saturated rings. The molecule has 0 radical (unpaired) electrons. The van der Waals surface area contributed by atoms with E-state index >= 15 is 0 Å². The second-order valence-corrected chi connectivity index (χ2v) is 7.56. The van der Waals surface area contributed by atoms with Crippen molar-refractivity contribution in [2.45, 2.75) is 32.7 Å². The Kier molecular flexibility index (Phi) is 4.56. The van der Waals surface area contributed by atoms with Crippen molar-refractivity contribution in [3.8, 4) is 5.75 Å². The Morgan fingerprint density at radius 3 is 2.67 bits per heavy atom. The zero-order valence-corrected chi connectivity index (χ0v) is 13.4. The first-order valence-corrected chi connectivity index (χ1v) is 8.87. The van der Waals surface area contributed by atoms with Crippen molar-refractivity contribution in [3.05, 3.63) is 23.8 Å². The van der Waals surface area contributed by atoms with Gasteiger partial charge in [-0.05, 0) is 25.0 Å². The van der Waals surface area contributed by atoms with Crippen LogP contribution in [0, 0.1) is 6.92 Å². The second kappa shape index (κ2) is 6.05. The van der Waals surface area contributed by atoms with E-state index in [1.165, 1.54) is 0 Å². The molecule has 1 unspecified atom stereocenters. The molecule has 1 atom stereocenters. The van der Waals surface area contributed by atoms with Crippen LogP contribution in [0.5, 0.6) is 5.75 Å². The molecular weight excluding hydrogens is 290 g/mol. The molecule has 0 spiro atoms. The molecule has 1 heterocycles. The van der Waals surface area contributed by atoms with Crippen LogP contribution in [-0.4, -0.2) is 39.0 Å². The molecule has 1 aliphatic heterocycles. The molecule has 0 aliphatic carbocycles. The molecule has 0 aromatic heterocycles. The quantitative estimate of drug-likeness (QED) is 0.852. The summed E-state index contributed by atoms with van der Waals surface area (Å²) in [4.78, 5) is 14.0. The van der Waals surface area contributed by atoms with E-state index in [1.807, 2.05) is 19.1 Å². The standard InChI is InChI=1S/C15H21NO4S/c1-4-15(17)16(12-7-8-21(18,19)10-12)14-9-13(20-3)6-5-11(14)2/h5-6,9,12H,4,7-8,10H2,1-3H3. The van der Waals surface area contributed by atoms with E-state index in [2.05, 4.69) is 0 Å². The summed E-state index contributed by atoms with van der Waals surface area (Å²) in [7, 11) is -1.47. The van der Waals surface area contributed by atoms with Crippen molar-refractivity contribution in [2.24, 2.45) is 0 Å². The number of sulfone groups is 1. The van der Waals surface area contributed by atoms with Gasteiger partial charge in [0.1, 0.15) is 5.75 Å². The lowest BCUT2D eigenvalue weighted by Gasteiger charge is -2.29. The monoisotopic (exact) mass is 311 g/mol. The average Bonchev–Trinajstić information content (AvgIpc) is 2.80. The van der Waals surface area contributed by atoms with E-state index in [0.29, 0.717) is 18.6 Å². The van der Waals surface area contributed by atoms with Gasteiger partial charge in [0.05, 0.1) is 30.3 Å². The van der Waals surface area contributed by atoms with Crippen molar-refractivity contribution < 1.29 is 17.9 Å². The Morgan fingerprint density at radius 1 is 1.43 bits per heavy atom. The fourth-order valence-corrected chi connectivity index (χ4v) is 4.36. The fraction of sp³-hybridized carbons (Fsp3) is 0.533. The summed E-state index contributed by atoms with van der Waals surface area (Å²) in [5, 5.41) is 0. The first-order valence-electron chi connectivity index (χ1n) is 7.05. The average molecular weight is 311 g/mol. The van der Waals surface area contributed by atoms with E-state index in [9.17, 15) is 13.2 Å². The number of hydrogen-bond acceptors (Lipinski definition) is 4. The van der Waals surface area contributed by atoms with Gasteiger partial charge >= 0.3 is 0 Å². The van der Waals surface area contributed by atoms with Gasteiger partial charge in [0.15, 0.2) is 9.84 Å². The maximum atomic E-state index is 12.4. The van der Waals surface area contributed by atoms with Crippen molar-refractivity contribution >= 4 is 21.4 Å². The summed E-state index contributed by atoms with van der Waals surface area (Å²) in [6.07, 6.45) is 0.831. The van der Waals surface area contributed by atoms with Crippen molar-refractivity contribution in [1.29, 1.82) is 0 Å². The lowest BCUT2D eigenvalue weighted by atomic mass is 10.1. The van der Waals surface area contributed by atoms with Crippen LogP contribution in [0.1, 0.15) is 25.3 Å². The third-order valence-electron chi connectivity index (χ3n) is 3.82. The summed E-state index contributed by atoms with van der Waals surface area (Å²) in [5.41, 5.74) is 1.67. The lowest BCUT2D eigenvalue weighted by molar-refractivity contribution is -0.118. The Morgan fingerprint density at radius 2 is 2.14 bits per heavy atom. The topological polar surface area (TPSA) is 63.7 Å². The Bertz CT molecular complexity index is 639. The minimum atomic E-state index is -3.04. The molecule has 5 nitrogen and oxygen atoms in total. The summed E-state index contributed by atoms with van der Waals surface area (Å²) >= 11 is 0. The number of ether oxygens (including phenoxy) is 1. The number of nitrogens with zero attached hydrogens (tertiary/aromatic N) is 1. The maximum Gasteiger partial charge on any atom is 0.227 e. The highest BCUT2D eigenvalue weighted by atomic mass is 32.2. The largest absolute Gasteiger partial charge is 0.497 e. The molecule has 1 aliphatic rings. The van der Waals surface area contributed by atoms with Gasteiger partial charge in [-0.25, -0.2) is 8.42 Å². The number of methoxy groups -OCH3 is 1. The third-order valence-corrected chi connectivity index (χ3v) is 5.57. The van der Waals surface area contributed by atoms with Crippen molar-refractivity contribution in [2.75, 3.05) is 23.5 Å². The molecule has 1 aromatic rings. The zero-order chi connectivity index (χ0) is 15.6. The Hall–Kier alpha value is -1.56. The van der Waals surface area contributed by atoms with Crippen LogP contribution in [0.25, 0.3) is 0 Å². The number of hydrogen-bond donors (Lipinski definition) is 0. The highest BCUT2D eigenvalue weighted by Crippen LogP contribution is 2.31. The molecule has 1 saturated heterocycles. The summed E-state index contributed by atoms with van der Waals surface area (Å²) < 4.78 is 28.7. The number of benzene rings is 1. The molecule has 6 heteroatoms. The summed E-state index contributed by atoms with van der Waals surface area (Å²) in [6.45, 7) is 3.70. The third kappa shape index (κ3) is 3.37.